The molecule has 2 aromatic carbocycles. The molecule has 2 aromatic rings. The maximum Gasteiger partial charge on any atom is 0.251 e. The Hall–Kier alpha value is -3.26. The average Bonchev–Trinajstić information content (AvgIpc) is 2.92. The predicted octanol–water partition coefficient (Wildman–Crippen LogP) is 4.39. The molecular weight excluding hydrogens is 447 g/mol. The smallest absolute Gasteiger partial charge is 0.251 e. The Bertz CT molecular complexity index is 1110. The summed E-state index contributed by atoms with van der Waals surface area (Å²) >= 11 is 0. The van der Waals surface area contributed by atoms with Gasteiger partial charge in [0, 0.05) is 18.5 Å². The molecule has 0 radical (unpaired) electrons. The van der Waals surface area contributed by atoms with Crippen LogP contribution in [0.2, 0.25) is 0 Å². The molecule has 1 unspecified atom stereocenters. The highest BCUT2D eigenvalue weighted by Gasteiger charge is 2.35. The second kappa shape index (κ2) is 10.2. The fraction of sp³-hybridized carbons (Fsp3) is 0.444. The van der Waals surface area contributed by atoms with Crippen LogP contribution >= 0.6 is 0 Å². The molecule has 1 aliphatic rings. The number of rotatable bonds is 6. The average molecular weight is 483 g/mol. The number of halogens is 1. The number of amides is 3. The van der Waals surface area contributed by atoms with Gasteiger partial charge in [0.25, 0.3) is 5.91 Å². The molecule has 35 heavy (non-hydrogen) atoms. The number of nitrogens with zero attached hydrogens (tertiary/aromatic N) is 1. The summed E-state index contributed by atoms with van der Waals surface area (Å²) < 4.78 is 13.6. The van der Waals surface area contributed by atoms with Crippen molar-refractivity contribution in [3.8, 4) is 0 Å². The predicted molar refractivity (Wildman–Crippen MR) is 136 cm³/mol. The lowest BCUT2D eigenvalue weighted by Gasteiger charge is -2.33. The van der Waals surface area contributed by atoms with Crippen LogP contribution in [0.1, 0.15) is 69.4 Å². The van der Waals surface area contributed by atoms with Gasteiger partial charge < -0.3 is 21.3 Å². The number of hydrogen-bond acceptors (Lipinski definition) is 4. The van der Waals surface area contributed by atoms with Gasteiger partial charge in [-0.15, -0.1) is 0 Å². The van der Waals surface area contributed by atoms with Crippen LogP contribution in [-0.4, -0.2) is 30.8 Å². The third-order valence-corrected chi connectivity index (χ3v) is 5.97. The van der Waals surface area contributed by atoms with Gasteiger partial charge in [0.15, 0.2) is 0 Å². The van der Waals surface area contributed by atoms with E-state index in [-0.39, 0.29) is 41.4 Å². The zero-order valence-electron chi connectivity index (χ0n) is 21.1. The molecule has 0 spiro atoms. The van der Waals surface area contributed by atoms with E-state index in [2.05, 4.69) is 10.6 Å². The van der Waals surface area contributed by atoms with Crippen LogP contribution in [0.15, 0.2) is 42.5 Å². The van der Waals surface area contributed by atoms with Gasteiger partial charge in [0.05, 0.1) is 23.8 Å². The van der Waals surface area contributed by atoms with Crippen LogP contribution in [0.5, 0.6) is 0 Å². The molecule has 0 saturated carbocycles. The summed E-state index contributed by atoms with van der Waals surface area (Å²) in [6, 6.07) is 10.1. The van der Waals surface area contributed by atoms with Gasteiger partial charge in [0.2, 0.25) is 11.8 Å². The first-order valence-electron chi connectivity index (χ1n) is 11.8. The number of carbonyl (C=O) groups excluding carboxylic acids is 3. The van der Waals surface area contributed by atoms with Gasteiger partial charge in [-0.05, 0) is 53.3 Å². The van der Waals surface area contributed by atoms with E-state index in [0.717, 1.165) is 0 Å². The molecule has 1 aliphatic heterocycles. The van der Waals surface area contributed by atoms with Crippen molar-refractivity contribution < 1.29 is 18.8 Å². The first-order chi connectivity index (χ1) is 16.3. The molecule has 188 valence electrons. The van der Waals surface area contributed by atoms with Gasteiger partial charge >= 0.3 is 0 Å². The van der Waals surface area contributed by atoms with E-state index in [1.165, 1.54) is 12.1 Å². The van der Waals surface area contributed by atoms with Crippen LogP contribution in [0, 0.1) is 16.6 Å². The number of hydrogen-bond donors (Lipinski definition) is 3. The Morgan fingerprint density at radius 3 is 2.37 bits per heavy atom. The molecule has 1 atom stereocenters. The first kappa shape index (κ1) is 26.3. The van der Waals surface area contributed by atoms with Gasteiger partial charge in [-0.1, -0.05) is 46.8 Å². The van der Waals surface area contributed by atoms with E-state index in [1.54, 1.807) is 35.2 Å². The lowest BCUT2D eigenvalue weighted by molar-refractivity contribution is -0.121. The van der Waals surface area contributed by atoms with Crippen molar-refractivity contribution in [3.63, 3.8) is 0 Å². The lowest BCUT2D eigenvalue weighted by Crippen LogP contribution is -2.38. The molecule has 0 aromatic heterocycles. The third-order valence-electron chi connectivity index (χ3n) is 5.97. The minimum absolute atomic E-state index is 0.00240. The van der Waals surface area contributed by atoms with Crippen molar-refractivity contribution in [1.29, 1.82) is 0 Å². The van der Waals surface area contributed by atoms with Crippen molar-refractivity contribution >= 4 is 29.1 Å². The molecule has 0 bridgehead atoms. The van der Waals surface area contributed by atoms with Gasteiger partial charge in [0.1, 0.15) is 5.82 Å². The first-order valence-corrected chi connectivity index (χ1v) is 11.8. The standard InChI is InChI=1S/C27H35FN4O3/c1-26(2,3)14-24(34)32-21-11-8-18(25(35)30-16-27(4,5)15-29)12-20(21)31-23(33)13-22(32)17-6-9-19(28)10-7-17/h6-12,22H,13-16,29H2,1-5H3,(H,30,35)(H,31,33). The molecule has 4 N–H and O–H groups in total. The Kier molecular flexibility index (Phi) is 7.65. The zero-order valence-corrected chi connectivity index (χ0v) is 21.1. The summed E-state index contributed by atoms with van der Waals surface area (Å²) in [4.78, 5) is 40.9. The van der Waals surface area contributed by atoms with Gasteiger partial charge in [-0.25, -0.2) is 4.39 Å². The fourth-order valence-corrected chi connectivity index (χ4v) is 3.92. The Morgan fingerprint density at radius 1 is 1.11 bits per heavy atom. The molecule has 1 heterocycles. The molecule has 3 rings (SSSR count). The largest absolute Gasteiger partial charge is 0.351 e. The summed E-state index contributed by atoms with van der Waals surface area (Å²) in [5, 5.41) is 5.73. The molecule has 0 saturated heterocycles. The van der Waals surface area contributed by atoms with Crippen molar-refractivity contribution in [3.05, 3.63) is 59.4 Å². The van der Waals surface area contributed by atoms with Crippen LogP contribution in [0.3, 0.4) is 0 Å². The minimum Gasteiger partial charge on any atom is -0.351 e. The number of anilines is 2. The van der Waals surface area contributed by atoms with E-state index in [4.69, 9.17) is 5.73 Å². The molecular formula is C27H35FN4O3. The highest BCUT2D eigenvalue weighted by atomic mass is 19.1. The number of benzene rings is 2. The lowest BCUT2D eigenvalue weighted by atomic mass is 9.90. The van der Waals surface area contributed by atoms with E-state index < -0.39 is 11.9 Å². The van der Waals surface area contributed by atoms with Crippen LogP contribution in [0.4, 0.5) is 15.8 Å². The number of fused-ring (bicyclic) bond motifs is 1. The van der Waals surface area contributed by atoms with Crippen LogP contribution in [-0.2, 0) is 9.59 Å². The van der Waals surface area contributed by atoms with E-state index in [0.29, 0.717) is 35.6 Å². The number of nitrogens with one attached hydrogen (secondary N) is 2. The second-order valence-electron chi connectivity index (χ2n) is 11.1. The van der Waals surface area contributed by atoms with Gasteiger partial charge in [-0.3, -0.25) is 14.4 Å². The third kappa shape index (κ3) is 6.66. The molecule has 0 aliphatic carbocycles. The summed E-state index contributed by atoms with van der Waals surface area (Å²) in [5.74, 6) is -1.15. The van der Waals surface area contributed by atoms with Crippen molar-refractivity contribution in [2.24, 2.45) is 16.6 Å². The number of carbonyl (C=O) groups is 3. The van der Waals surface area contributed by atoms with Crippen molar-refractivity contribution in [2.75, 3.05) is 23.3 Å². The maximum atomic E-state index is 13.6. The summed E-state index contributed by atoms with van der Waals surface area (Å²) in [7, 11) is 0. The topological polar surface area (TPSA) is 105 Å². The van der Waals surface area contributed by atoms with Gasteiger partial charge in [-0.2, -0.15) is 0 Å². The van der Waals surface area contributed by atoms with Crippen molar-refractivity contribution in [1.82, 2.24) is 5.32 Å². The number of nitrogens with two attached hydrogens (primary N) is 1. The Morgan fingerprint density at radius 2 is 1.77 bits per heavy atom. The molecule has 0 fully saturated rings. The Labute approximate surface area is 206 Å². The highest BCUT2D eigenvalue weighted by molar-refractivity contribution is 6.06. The fourth-order valence-electron chi connectivity index (χ4n) is 3.92. The Balaban J connectivity index is 2.03. The van der Waals surface area contributed by atoms with Crippen molar-refractivity contribution in [2.45, 2.75) is 53.5 Å². The van der Waals surface area contributed by atoms with Crippen LogP contribution < -0.4 is 21.3 Å². The van der Waals surface area contributed by atoms with E-state index in [9.17, 15) is 18.8 Å². The quantitative estimate of drug-likeness (QED) is 0.568. The van der Waals surface area contributed by atoms with E-state index in [1.807, 2.05) is 34.6 Å². The summed E-state index contributed by atoms with van der Waals surface area (Å²) in [6.45, 7) is 10.6. The van der Waals surface area contributed by atoms with E-state index >= 15 is 0 Å². The normalized spacial score (nSPS) is 16.3. The second-order valence-corrected chi connectivity index (χ2v) is 11.1. The minimum atomic E-state index is -0.614. The molecule has 3 amide bonds. The zero-order chi connectivity index (χ0) is 26.0. The summed E-state index contributed by atoms with van der Waals surface area (Å²) in [5.41, 5.74) is 7.11. The van der Waals surface area contributed by atoms with Crippen LogP contribution in [0.25, 0.3) is 0 Å². The SMILES string of the molecule is CC(C)(C)CC(=O)N1c2ccc(C(=O)NCC(C)(C)CN)cc2NC(=O)CC1c1ccc(F)cc1. The molecule has 8 heteroatoms. The monoisotopic (exact) mass is 482 g/mol. The summed E-state index contributed by atoms with van der Waals surface area (Å²) in [6.07, 6.45) is 0.247. The highest BCUT2D eigenvalue weighted by Crippen LogP contribution is 2.40. The molecule has 7 nitrogen and oxygen atoms in total. The maximum absolute atomic E-state index is 13.6.